The van der Waals surface area contributed by atoms with Crippen LogP contribution in [-0.4, -0.2) is 79.5 Å². The van der Waals surface area contributed by atoms with Gasteiger partial charge in [0.2, 0.25) is 0 Å². The van der Waals surface area contributed by atoms with Gasteiger partial charge in [0.15, 0.2) is 0 Å². The monoisotopic (exact) mass is 301 g/mol. The molecule has 4 heavy (non-hydrogen) atoms. The molecule has 0 nitrogen and oxygen atoms in total. The third-order valence-corrected chi connectivity index (χ3v) is 0. The number of hydrogen-bond acceptors (Lipinski definition) is 0. The Morgan fingerprint density at radius 2 is 1.00 bits per heavy atom. The van der Waals surface area contributed by atoms with Crippen molar-refractivity contribution >= 4 is 79.5 Å². The molecule has 0 amide bonds. The van der Waals surface area contributed by atoms with E-state index in [-0.39, 0.29) is 79.5 Å². The van der Waals surface area contributed by atoms with E-state index in [9.17, 15) is 0 Å². The van der Waals surface area contributed by atoms with Gasteiger partial charge in [-0.2, -0.15) is 0 Å². The van der Waals surface area contributed by atoms with Gasteiger partial charge >= 0.3 is 62.2 Å². The Bertz CT molecular complexity index is 8.00. The molecule has 4 heteroatoms. The van der Waals surface area contributed by atoms with Crippen molar-refractivity contribution < 1.29 is 0 Å². The van der Waals surface area contributed by atoms with E-state index >= 15 is 0 Å². The third-order valence-electron chi connectivity index (χ3n) is 0. The van der Waals surface area contributed by atoms with E-state index in [4.69, 9.17) is 0 Å². The molecule has 0 saturated heterocycles. The zero-order valence-corrected chi connectivity index (χ0v) is 10.1. The molecule has 1 atom stereocenters. The van der Waals surface area contributed by atoms with E-state index < -0.39 is 0 Å². The van der Waals surface area contributed by atoms with Gasteiger partial charge in [0.25, 0.3) is 0 Å². The van der Waals surface area contributed by atoms with Gasteiger partial charge in [-0.1, -0.05) is 0 Å². The van der Waals surface area contributed by atoms with Crippen molar-refractivity contribution in [3.05, 3.63) is 0 Å². The van der Waals surface area contributed by atoms with Crippen molar-refractivity contribution in [2.75, 3.05) is 0 Å². The Kier molecular flexibility index (Phi) is 137. The van der Waals surface area contributed by atoms with Gasteiger partial charge in [-0.15, -0.1) is 0 Å². The molecule has 0 aromatic rings. The molecule has 0 rings (SSSR count). The summed E-state index contributed by atoms with van der Waals surface area (Å²) in [5, 5.41) is 0. The minimum absolute atomic E-state index is 0. The molecule has 3 radical (unpaired) electrons. The van der Waals surface area contributed by atoms with E-state index in [0.717, 1.165) is 0 Å². The Morgan fingerprint density at radius 3 is 1.00 bits per heavy atom. The van der Waals surface area contributed by atoms with Gasteiger partial charge in [0, 0.05) is 17.4 Å². The van der Waals surface area contributed by atoms with Crippen LogP contribution in [0.25, 0.3) is 0 Å². The zero-order valence-electron chi connectivity index (χ0n) is 1.99. The van der Waals surface area contributed by atoms with Crippen LogP contribution in [0.15, 0.2) is 0 Å². The molecule has 0 aliphatic heterocycles. The van der Waals surface area contributed by atoms with Crippen LogP contribution in [0.3, 0.4) is 0 Å². The van der Waals surface area contributed by atoms with Gasteiger partial charge in [-0.25, -0.2) is 0 Å². The van der Waals surface area contributed by atoms with Gasteiger partial charge < -0.3 is 0 Å². The SMILES string of the molecule is [Al].[AsH3].[GaH3].[SbH3]. The molecular formula is H9AlAsGaSb. The standard InChI is InChI=1S/Al.AsH3.Ga.Sb.6H/h;1H3;;;;;;;;. The summed E-state index contributed by atoms with van der Waals surface area (Å²) in [4.78, 5) is 0. The summed E-state index contributed by atoms with van der Waals surface area (Å²) < 4.78 is 0. The number of hydrogen-bond donors (Lipinski definition) is 0. The van der Waals surface area contributed by atoms with Crippen LogP contribution < -0.4 is 0 Å². The first kappa shape index (κ1) is 31.1. The molecule has 0 spiro atoms. The summed E-state index contributed by atoms with van der Waals surface area (Å²) in [6.45, 7) is 0. The molecule has 0 fully saturated rings. The van der Waals surface area contributed by atoms with E-state index in [1.807, 2.05) is 0 Å². The maximum atomic E-state index is 0. The Morgan fingerprint density at radius 1 is 1.00 bits per heavy atom. The van der Waals surface area contributed by atoms with Crippen LogP contribution >= 0.6 is 0 Å². The summed E-state index contributed by atoms with van der Waals surface area (Å²) in [6, 6.07) is 0. The fourth-order valence-electron chi connectivity index (χ4n) is 0. The van der Waals surface area contributed by atoms with Gasteiger partial charge in [-0.05, 0) is 0 Å². The summed E-state index contributed by atoms with van der Waals surface area (Å²) in [7, 11) is 0. The van der Waals surface area contributed by atoms with Crippen molar-refractivity contribution in [2.45, 2.75) is 0 Å². The molecule has 0 aromatic carbocycles. The topological polar surface area (TPSA) is 0 Å². The van der Waals surface area contributed by atoms with Crippen molar-refractivity contribution in [3.63, 3.8) is 0 Å². The summed E-state index contributed by atoms with van der Waals surface area (Å²) in [5.41, 5.74) is 0. The summed E-state index contributed by atoms with van der Waals surface area (Å²) >= 11 is 0. The van der Waals surface area contributed by atoms with Crippen LogP contribution in [0.4, 0.5) is 0 Å². The van der Waals surface area contributed by atoms with E-state index in [2.05, 4.69) is 0 Å². The van der Waals surface area contributed by atoms with Crippen LogP contribution in [-0.2, 0) is 0 Å². The summed E-state index contributed by atoms with van der Waals surface area (Å²) in [6.07, 6.45) is 0. The quantitative estimate of drug-likeness (QED) is 0.401. The Hall–Kier alpha value is 2.55. The van der Waals surface area contributed by atoms with Crippen molar-refractivity contribution in [2.24, 2.45) is 0 Å². The van der Waals surface area contributed by atoms with Crippen molar-refractivity contribution in [3.8, 4) is 0 Å². The second kappa shape index (κ2) is 17.7. The first-order valence-electron chi connectivity index (χ1n) is 0. The zero-order chi connectivity index (χ0) is 0. The predicted octanol–water partition coefficient (Wildman–Crippen LogP) is -3.93. The average Bonchev–Trinajstić information content (AvgIpc) is 0. The molecule has 0 N–H and O–H groups in total. The minimum atomic E-state index is 0. The van der Waals surface area contributed by atoms with Crippen LogP contribution in [0.1, 0.15) is 0 Å². The summed E-state index contributed by atoms with van der Waals surface area (Å²) in [5.74, 6) is 0. The number of rotatable bonds is 0. The maximum absolute atomic E-state index is 0. The molecule has 25 valence electrons. The first-order valence-corrected chi connectivity index (χ1v) is 0. The second-order valence-corrected chi connectivity index (χ2v) is 0. The fraction of sp³-hybridized carbons (Fsp3) is 0. The average molecular weight is 302 g/mol. The molecule has 1 unspecified atom stereocenters. The molecule has 0 aliphatic carbocycles. The molecule has 0 saturated carbocycles. The Balaban J connectivity index is 0. The normalized spacial score (nSPS) is 0. The van der Waals surface area contributed by atoms with Crippen LogP contribution in [0, 0.1) is 0 Å². The fourth-order valence-corrected chi connectivity index (χ4v) is 0. The molecule has 0 aromatic heterocycles. The van der Waals surface area contributed by atoms with Gasteiger partial charge in [0.1, 0.15) is 0 Å². The van der Waals surface area contributed by atoms with Crippen LogP contribution in [0.2, 0.25) is 0 Å². The molecular weight excluding hydrogens is 293 g/mol. The first-order chi connectivity index (χ1) is 0. The molecule has 0 bridgehead atoms. The van der Waals surface area contributed by atoms with Crippen LogP contribution in [0.5, 0.6) is 0 Å². The Labute approximate surface area is 78.4 Å². The van der Waals surface area contributed by atoms with Gasteiger partial charge in [0.05, 0.1) is 0 Å². The molecule has 0 aliphatic rings. The van der Waals surface area contributed by atoms with E-state index in [0.29, 0.717) is 0 Å². The second-order valence-electron chi connectivity index (χ2n) is 0. The predicted molar refractivity (Wildman–Crippen MR) is 35.6 cm³/mol. The van der Waals surface area contributed by atoms with Gasteiger partial charge in [-0.3, -0.25) is 0 Å². The van der Waals surface area contributed by atoms with Crippen molar-refractivity contribution in [1.82, 2.24) is 0 Å². The molecule has 0 heterocycles. The van der Waals surface area contributed by atoms with E-state index in [1.54, 1.807) is 0 Å². The van der Waals surface area contributed by atoms with Crippen molar-refractivity contribution in [1.29, 1.82) is 0 Å². The third kappa shape index (κ3) is 8.82. The van der Waals surface area contributed by atoms with E-state index in [1.165, 1.54) is 0 Å².